The Balaban J connectivity index is 1.000. The van der Waals surface area contributed by atoms with Crippen molar-refractivity contribution in [2.45, 2.75) is 0 Å². The van der Waals surface area contributed by atoms with Crippen molar-refractivity contribution in [2.75, 3.05) is 0 Å². The first-order chi connectivity index (χ1) is 36.7. The summed E-state index contributed by atoms with van der Waals surface area (Å²) < 4.78 is 4.86. The second-order valence-electron chi connectivity index (χ2n) is 18.8. The summed E-state index contributed by atoms with van der Waals surface area (Å²) in [6, 6.07) is 97.4. The summed E-state index contributed by atoms with van der Waals surface area (Å²) in [4.78, 5) is 15.7. The molecule has 0 amide bonds. The molecular weight excluding hydrogens is 899 g/mol. The first-order valence-corrected chi connectivity index (χ1v) is 25.1. The Bertz CT molecular complexity index is 4370. The third-order valence-corrected chi connectivity index (χ3v) is 14.4. The predicted octanol–water partition coefficient (Wildman–Crippen LogP) is 17.7. The lowest BCUT2D eigenvalue weighted by atomic mass is 10.0. The number of hydrogen-bond acceptors (Lipinski definition) is 3. The van der Waals surface area contributed by atoms with E-state index < -0.39 is 0 Å². The smallest absolute Gasteiger partial charge is 0.164 e. The van der Waals surface area contributed by atoms with Gasteiger partial charge in [0.15, 0.2) is 17.5 Å². The van der Waals surface area contributed by atoms with Gasteiger partial charge in [-0.1, -0.05) is 218 Å². The number of aromatic nitrogens is 5. The Morgan fingerprint density at radius 1 is 0.189 bits per heavy atom. The van der Waals surface area contributed by atoms with Crippen LogP contribution < -0.4 is 0 Å². The molecule has 0 atom stereocenters. The molecule has 0 radical (unpaired) electrons. The van der Waals surface area contributed by atoms with Gasteiger partial charge in [0.2, 0.25) is 0 Å². The number of nitrogens with zero attached hydrogens (tertiary/aromatic N) is 5. The van der Waals surface area contributed by atoms with Gasteiger partial charge in [-0.25, -0.2) is 15.0 Å². The van der Waals surface area contributed by atoms with Crippen molar-refractivity contribution in [2.24, 2.45) is 0 Å². The van der Waals surface area contributed by atoms with E-state index in [9.17, 15) is 0 Å². The zero-order valence-electron chi connectivity index (χ0n) is 40.2. The first kappa shape index (κ1) is 42.9. The van der Waals surface area contributed by atoms with Gasteiger partial charge in [-0.15, -0.1) is 0 Å². The molecule has 0 saturated heterocycles. The molecule has 11 aromatic carbocycles. The molecule has 0 aliphatic heterocycles. The topological polar surface area (TPSA) is 48.5 Å². The van der Waals surface area contributed by atoms with Gasteiger partial charge in [-0.05, 0) is 99.1 Å². The van der Waals surface area contributed by atoms with E-state index >= 15 is 0 Å². The lowest BCUT2D eigenvalue weighted by Crippen LogP contribution is -2.02. The van der Waals surface area contributed by atoms with Crippen LogP contribution in [0.1, 0.15) is 0 Å². The lowest BCUT2D eigenvalue weighted by Gasteiger charge is -2.15. The van der Waals surface area contributed by atoms with Crippen LogP contribution in [0, 0.1) is 0 Å². The van der Waals surface area contributed by atoms with Crippen molar-refractivity contribution in [3.63, 3.8) is 0 Å². The second kappa shape index (κ2) is 18.0. The van der Waals surface area contributed by atoms with Crippen LogP contribution in [0.15, 0.2) is 273 Å². The van der Waals surface area contributed by atoms with E-state index in [0.29, 0.717) is 17.5 Å². The molecule has 0 saturated carbocycles. The molecule has 0 fully saturated rings. The third-order valence-electron chi connectivity index (χ3n) is 14.4. The average Bonchev–Trinajstić information content (AvgIpc) is 4.00. The molecule has 0 spiro atoms. The van der Waals surface area contributed by atoms with Crippen LogP contribution in [0.25, 0.3) is 134 Å². The Kier molecular flexibility index (Phi) is 10.4. The molecule has 0 bridgehead atoms. The fraction of sp³-hybridized carbons (Fsp3) is 0. The minimum atomic E-state index is 0.592. The fourth-order valence-corrected chi connectivity index (χ4v) is 10.8. The minimum absolute atomic E-state index is 0.592. The molecule has 0 aliphatic carbocycles. The van der Waals surface area contributed by atoms with Gasteiger partial charge in [0.25, 0.3) is 0 Å². The molecule has 3 aromatic heterocycles. The van der Waals surface area contributed by atoms with Crippen molar-refractivity contribution in [3.05, 3.63) is 273 Å². The van der Waals surface area contributed by atoms with Crippen molar-refractivity contribution in [1.82, 2.24) is 24.1 Å². The van der Waals surface area contributed by atoms with E-state index in [4.69, 9.17) is 15.0 Å². The van der Waals surface area contributed by atoms with Crippen molar-refractivity contribution >= 4 is 43.6 Å². The van der Waals surface area contributed by atoms with E-state index in [1.165, 1.54) is 32.9 Å². The van der Waals surface area contributed by atoms with Crippen LogP contribution in [0.4, 0.5) is 0 Å². The van der Waals surface area contributed by atoms with Gasteiger partial charge in [0.1, 0.15) is 0 Å². The van der Waals surface area contributed by atoms with Crippen LogP contribution in [0.2, 0.25) is 0 Å². The van der Waals surface area contributed by atoms with Crippen molar-refractivity contribution in [3.8, 4) is 90.0 Å². The normalized spacial score (nSPS) is 11.5. The highest BCUT2D eigenvalue weighted by Crippen LogP contribution is 2.41. The molecule has 5 heteroatoms. The number of hydrogen-bond donors (Lipinski definition) is 0. The Morgan fingerprint density at radius 2 is 0.554 bits per heavy atom. The molecule has 0 aliphatic rings. The number of benzene rings is 11. The zero-order chi connectivity index (χ0) is 49.0. The number of para-hydroxylation sites is 1. The van der Waals surface area contributed by atoms with E-state index in [1.54, 1.807) is 0 Å². The summed E-state index contributed by atoms with van der Waals surface area (Å²) in [7, 11) is 0. The molecule has 14 aromatic rings. The summed E-state index contributed by atoms with van der Waals surface area (Å²) >= 11 is 0. The summed E-state index contributed by atoms with van der Waals surface area (Å²) in [5, 5.41) is 4.76. The Hall–Kier alpha value is -9.97. The average molecular weight is 944 g/mol. The van der Waals surface area contributed by atoms with E-state index in [2.05, 4.69) is 258 Å². The molecular formula is C69H45N5. The standard InChI is InChI=1S/C69H45N5/c1-6-18-46(19-7-1)50-30-32-52(33-31-50)68-70-67(51-26-14-5-15-27-51)71-69(72-68)56-40-55(49-24-12-4-13-25-49)41-58(42-56)74-64-39-36-57(45-62(64)61-38-35-54(44-66(61)74)48-22-10-3-11-23-48)73-63-29-17-16-28-59(63)60-37-34-53(43-65(60)73)47-20-8-2-9-21-47/h1-45H. The molecule has 14 rings (SSSR count). The maximum atomic E-state index is 5.32. The minimum Gasteiger partial charge on any atom is -0.309 e. The largest absolute Gasteiger partial charge is 0.309 e. The number of fused-ring (bicyclic) bond motifs is 6. The van der Waals surface area contributed by atoms with Crippen molar-refractivity contribution < 1.29 is 0 Å². The van der Waals surface area contributed by atoms with Gasteiger partial charge in [-0.3, -0.25) is 0 Å². The van der Waals surface area contributed by atoms with Gasteiger partial charge in [0.05, 0.1) is 22.1 Å². The van der Waals surface area contributed by atoms with Crippen molar-refractivity contribution in [1.29, 1.82) is 0 Å². The SMILES string of the molecule is c1ccc(-c2ccc(-c3nc(-c4ccccc4)nc(-c4cc(-c5ccccc5)cc(-n5c6ccc(-n7c8ccccc8c8ccc(-c9ccccc9)cc87)cc6c6ccc(-c7ccccc7)cc65)c4)n3)cc2)cc1. The summed E-state index contributed by atoms with van der Waals surface area (Å²) in [5.74, 6) is 1.81. The Morgan fingerprint density at radius 3 is 1.12 bits per heavy atom. The summed E-state index contributed by atoms with van der Waals surface area (Å²) in [5.41, 5.74) is 18.5. The summed E-state index contributed by atoms with van der Waals surface area (Å²) in [6.45, 7) is 0. The highest BCUT2D eigenvalue weighted by atomic mass is 15.0. The summed E-state index contributed by atoms with van der Waals surface area (Å²) in [6.07, 6.45) is 0. The maximum Gasteiger partial charge on any atom is 0.164 e. The highest BCUT2D eigenvalue weighted by molar-refractivity contribution is 6.13. The number of rotatable bonds is 9. The van der Waals surface area contributed by atoms with Gasteiger partial charge in [0, 0.05) is 49.6 Å². The van der Waals surface area contributed by atoms with Crippen LogP contribution in [0.3, 0.4) is 0 Å². The molecule has 3 heterocycles. The van der Waals surface area contributed by atoms with E-state index in [-0.39, 0.29) is 0 Å². The van der Waals surface area contributed by atoms with E-state index in [1.807, 2.05) is 24.3 Å². The monoisotopic (exact) mass is 943 g/mol. The molecule has 0 unspecified atom stereocenters. The predicted molar refractivity (Wildman–Crippen MR) is 307 cm³/mol. The quantitative estimate of drug-likeness (QED) is 0.145. The third kappa shape index (κ3) is 7.63. The van der Waals surface area contributed by atoms with Crippen LogP contribution in [-0.2, 0) is 0 Å². The lowest BCUT2D eigenvalue weighted by molar-refractivity contribution is 1.07. The second-order valence-corrected chi connectivity index (χ2v) is 18.8. The maximum absolute atomic E-state index is 5.32. The zero-order valence-corrected chi connectivity index (χ0v) is 40.2. The first-order valence-electron chi connectivity index (χ1n) is 25.1. The van der Waals surface area contributed by atoms with E-state index in [0.717, 1.165) is 83.3 Å². The van der Waals surface area contributed by atoms with Gasteiger partial charge in [-0.2, -0.15) is 0 Å². The molecule has 0 N–H and O–H groups in total. The van der Waals surface area contributed by atoms with Crippen LogP contribution >= 0.6 is 0 Å². The molecule has 5 nitrogen and oxygen atoms in total. The van der Waals surface area contributed by atoms with Gasteiger partial charge < -0.3 is 9.13 Å². The van der Waals surface area contributed by atoms with Crippen LogP contribution in [-0.4, -0.2) is 24.1 Å². The van der Waals surface area contributed by atoms with Gasteiger partial charge >= 0.3 is 0 Å². The van der Waals surface area contributed by atoms with Crippen LogP contribution in [0.5, 0.6) is 0 Å². The fourth-order valence-electron chi connectivity index (χ4n) is 10.8. The molecule has 74 heavy (non-hydrogen) atoms. The molecule has 346 valence electrons. The Labute approximate surface area is 428 Å². The highest BCUT2D eigenvalue weighted by Gasteiger charge is 2.21.